The molecule has 1 saturated heterocycles. The van der Waals surface area contributed by atoms with Crippen LogP contribution in [0.4, 0.5) is 10.2 Å². The zero-order valence-corrected chi connectivity index (χ0v) is 15.0. The summed E-state index contributed by atoms with van der Waals surface area (Å²) in [6.07, 6.45) is 5.12. The Hall–Kier alpha value is -2.96. The Morgan fingerprint density at radius 3 is 2.85 bits per heavy atom. The van der Waals surface area contributed by atoms with Crippen LogP contribution < -0.4 is 10.6 Å². The molecule has 1 amide bonds. The molecule has 3 aromatic rings. The number of anilines is 1. The summed E-state index contributed by atoms with van der Waals surface area (Å²) in [5, 5.41) is 4.42. The van der Waals surface area contributed by atoms with Gasteiger partial charge in [-0.15, -0.1) is 0 Å². The van der Waals surface area contributed by atoms with Gasteiger partial charge in [0.2, 0.25) is 5.91 Å². The Balaban J connectivity index is 1.67. The normalized spacial score (nSPS) is 17.4. The van der Waals surface area contributed by atoms with Crippen molar-refractivity contribution < 1.29 is 9.18 Å². The number of fused-ring (bicyclic) bond motifs is 1. The number of amides is 1. The van der Waals surface area contributed by atoms with Crippen molar-refractivity contribution in [1.82, 2.24) is 14.6 Å². The van der Waals surface area contributed by atoms with Crippen LogP contribution in [0, 0.1) is 11.7 Å². The highest BCUT2D eigenvalue weighted by Gasteiger charge is 2.23. The van der Waals surface area contributed by atoms with Gasteiger partial charge in [-0.2, -0.15) is 9.61 Å². The van der Waals surface area contributed by atoms with Gasteiger partial charge in [-0.25, -0.2) is 9.37 Å². The van der Waals surface area contributed by atoms with Crippen molar-refractivity contribution in [3.63, 3.8) is 0 Å². The zero-order valence-electron chi connectivity index (χ0n) is 15.0. The largest absolute Gasteiger partial charge is 0.370 e. The lowest BCUT2D eigenvalue weighted by atomic mass is 9.93. The van der Waals surface area contributed by atoms with Gasteiger partial charge in [0.25, 0.3) is 0 Å². The Labute approximate surface area is 156 Å². The number of aromatic nitrogens is 3. The van der Waals surface area contributed by atoms with E-state index in [9.17, 15) is 9.18 Å². The fourth-order valence-electron chi connectivity index (χ4n) is 3.75. The van der Waals surface area contributed by atoms with Gasteiger partial charge < -0.3 is 10.6 Å². The lowest BCUT2D eigenvalue weighted by Gasteiger charge is -2.34. The van der Waals surface area contributed by atoms with E-state index in [1.165, 1.54) is 12.1 Å². The average Bonchev–Trinajstić information content (AvgIpc) is 3.15. The molecule has 4 rings (SSSR count). The van der Waals surface area contributed by atoms with E-state index < -0.39 is 0 Å². The fraction of sp³-hybridized carbons (Fsp3) is 0.350. The molecule has 0 aliphatic carbocycles. The fourth-order valence-corrected chi connectivity index (χ4v) is 3.75. The first-order valence-corrected chi connectivity index (χ1v) is 9.24. The second-order valence-corrected chi connectivity index (χ2v) is 7.07. The SMILES string of the molecule is NC(=O)CC[C@@H]1CCCN(c2cc(-c3ccc(F)cc3)nc3ccnn23)C1. The minimum Gasteiger partial charge on any atom is -0.370 e. The smallest absolute Gasteiger partial charge is 0.217 e. The number of halogens is 1. The van der Waals surface area contributed by atoms with Crippen LogP contribution in [0.5, 0.6) is 0 Å². The topological polar surface area (TPSA) is 76.5 Å². The number of piperidine rings is 1. The van der Waals surface area contributed by atoms with Crippen molar-refractivity contribution in [2.75, 3.05) is 18.0 Å². The molecule has 2 aromatic heterocycles. The summed E-state index contributed by atoms with van der Waals surface area (Å²) < 4.78 is 15.1. The van der Waals surface area contributed by atoms with Crippen molar-refractivity contribution in [2.24, 2.45) is 11.7 Å². The molecule has 1 aliphatic heterocycles. The number of nitrogens with two attached hydrogens (primary N) is 1. The quantitative estimate of drug-likeness (QED) is 0.752. The second-order valence-electron chi connectivity index (χ2n) is 7.07. The molecule has 1 fully saturated rings. The minimum absolute atomic E-state index is 0.246. The van der Waals surface area contributed by atoms with Crippen LogP contribution in [0.3, 0.4) is 0 Å². The van der Waals surface area contributed by atoms with Crippen LogP contribution in [0.2, 0.25) is 0 Å². The van der Waals surface area contributed by atoms with Gasteiger partial charge in [0, 0.05) is 37.2 Å². The van der Waals surface area contributed by atoms with E-state index >= 15 is 0 Å². The highest BCUT2D eigenvalue weighted by molar-refractivity contribution is 5.73. The highest BCUT2D eigenvalue weighted by atomic mass is 19.1. The lowest BCUT2D eigenvalue weighted by Crippen LogP contribution is -2.37. The van der Waals surface area contributed by atoms with Gasteiger partial charge in [0.1, 0.15) is 11.6 Å². The van der Waals surface area contributed by atoms with Crippen LogP contribution in [-0.4, -0.2) is 33.6 Å². The Morgan fingerprint density at radius 1 is 1.26 bits per heavy atom. The number of carbonyl (C=O) groups excluding carboxylic acids is 1. The first-order valence-electron chi connectivity index (χ1n) is 9.24. The van der Waals surface area contributed by atoms with E-state index in [0.717, 1.165) is 55.1 Å². The molecule has 140 valence electrons. The lowest BCUT2D eigenvalue weighted by molar-refractivity contribution is -0.118. The summed E-state index contributed by atoms with van der Waals surface area (Å²) in [5.41, 5.74) is 7.72. The number of nitrogens with zero attached hydrogens (tertiary/aromatic N) is 4. The maximum atomic E-state index is 13.3. The monoisotopic (exact) mass is 367 g/mol. The number of primary amides is 1. The molecule has 0 bridgehead atoms. The van der Waals surface area contributed by atoms with Crippen LogP contribution >= 0.6 is 0 Å². The molecular weight excluding hydrogens is 345 g/mol. The molecule has 1 aliphatic rings. The summed E-state index contributed by atoms with van der Waals surface area (Å²) in [7, 11) is 0. The van der Waals surface area contributed by atoms with E-state index in [1.54, 1.807) is 18.3 Å². The molecular formula is C20H22FN5O. The molecule has 2 N–H and O–H groups in total. The van der Waals surface area contributed by atoms with Crippen LogP contribution in [0.1, 0.15) is 25.7 Å². The molecule has 3 heterocycles. The molecule has 1 aromatic carbocycles. The number of hydrogen-bond acceptors (Lipinski definition) is 4. The maximum Gasteiger partial charge on any atom is 0.217 e. The number of hydrogen-bond donors (Lipinski definition) is 1. The predicted octanol–water partition coefficient (Wildman–Crippen LogP) is 3.02. The first-order chi connectivity index (χ1) is 13.1. The van der Waals surface area contributed by atoms with E-state index in [4.69, 9.17) is 5.73 Å². The van der Waals surface area contributed by atoms with Crippen LogP contribution in [-0.2, 0) is 4.79 Å². The summed E-state index contributed by atoms with van der Waals surface area (Å²) >= 11 is 0. The van der Waals surface area contributed by atoms with E-state index in [1.807, 2.05) is 16.6 Å². The maximum absolute atomic E-state index is 13.3. The van der Waals surface area contributed by atoms with Crippen molar-refractivity contribution in [1.29, 1.82) is 0 Å². The molecule has 7 heteroatoms. The average molecular weight is 367 g/mol. The Bertz CT molecular complexity index is 953. The van der Waals surface area contributed by atoms with Crippen molar-refractivity contribution in [3.05, 3.63) is 48.4 Å². The van der Waals surface area contributed by atoms with Crippen LogP contribution in [0.15, 0.2) is 42.6 Å². The predicted molar refractivity (Wildman–Crippen MR) is 102 cm³/mol. The van der Waals surface area contributed by atoms with Gasteiger partial charge >= 0.3 is 0 Å². The summed E-state index contributed by atoms with van der Waals surface area (Å²) in [4.78, 5) is 18.1. The molecule has 0 saturated carbocycles. The zero-order chi connectivity index (χ0) is 18.8. The highest BCUT2D eigenvalue weighted by Crippen LogP contribution is 2.29. The summed E-state index contributed by atoms with van der Waals surface area (Å²) in [6.45, 7) is 1.78. The summed E-state index contributed by atoms with van der Waals surface area (Å²) in [6, 6.07) is 10.2. The van der Waals surface area contributed by atoms with E-state index in [0.29, 0.717) is 12.3 Å². The van der Waals surface area contributed by atoms with Crippen molar-refractivity contribution >= 4 is 17.4 Å². The first kappa shape index (κ1) is 17.5. The van der Waals surface area contributed by atoms with Gasteiger partial charge in [-0.1, -0.05) is 0 Å². The number of benzene rings is 1. The van der Waals surface area contributed by atoms with Crippen molar-refractivity contribution in [3.8, 4) is 11.3 Å². The third-order valence-electron chi connectivity index (χ3n) is 5.12. The third kappa shape index (κ3) is 3.77. The van der Waals surface area contributed by atoms with Crippen LogP contribution in [0.25, 0.3) is 16.9 Å². The molecule has 0 unspecified atom stereocenters. The van der Waals surface area contributed by atoms with E-state index in [-0.39, 0.29) is 11.7 Å². The van der Waals surface area contributed by atoms with Crippen molar-refractivity contribution in [2.45, 2.75) is 25.7 Å². The third-order valence-corrected chi connectivity index (χ3v) is 5.12. The molecule has 6 nitrogen and oxygen atoms in total. The number of carbonyl (C=O) groups is 1. The number of rotatable bonds is 5. The summed E-state index contributed by atoms with van der Waals surface area (Å²) in [5.74, 6) is 0.884. The molecule has 1 atom stereocenters. The second kappa shape index (κ2) is 7.34. The molecule has 27 heavy (non-hydrogen) atoms. The van der Waals surface area contributed by atoms with Gasteiger partial charge in [-0.3, -0.25) is 4.79 Å². The van der Waals surface area contributed by atoms with E-state index in [2.05, 4.69) is 15.0 Å². The van der Waals surface area contributed by atoms with Gasteiger partial charge in [-0.05, 0) is 49.4 Å². The Kier molecular flexibility index (Phi) is 4.75. The van der Waals surface area contributed by atoms with Gasteiger partial charge in [0.05, 0.1) is 11.9 Å². The molecule has 0 spiro atoms. The standard InChI is InChI=1S/C20H22FN5O/c21-16-6-4-15(5-7-16)17-12-20(26-19(24-17)9-10-23-26)25-11-1-2-14(13-25)3-8-18(22)27/h4-7,9-10,12,14H,1-3,8,11,13H2,(H2,22,27)/t14-/m0/s1. The Morgan fingerprint density at radius 2 is 2.07 bits per heavy atom. The minimum atomic E-state index is -0.266. The molecule has 0 radical (unpaired) electrons. The van der Waals surface area contributed by atoms with Gasteiger partial charge in [0.15, 0.2) is 5.65 Å².